The lowest BCUT2D eigenvalue weighted by atomic mass is 9.83. The average molecular weight is 264 g/mol. The zero-order valence-electron chi connectivity index (χ0n) is 8.34. The summed E-state index contributed by atoms with van der Waals surface area (Å²) in [4.78, 5) is 10.6. The predicted octanol–water partition coefficient (Wildman–Crippen LogP) is 2.99. The molecule has 0 aromatic heterocycles. The van der Waals surface area contributed by atoms with Gasteiger partial charge in [-0.25, -0.2) is 4.79 Å². The number of hydrogen-bond donors (Lipinski definition) is 2. The van der Waals surface area contributed by atoms with Gasteiger partial charge in [0, 0.05) is 11.4 Å². The SMILES string of the molecule is O=C(O)NC(CCBr)C1CCCCC1. The Morgan fingerprint density at radius 1 is 1.43 bits per heavy atom. The summed E-state index contributed by atoms with van der Waals surface area (Å²) < 4.78 is 0. The van der Waals surface area contributed by atoms with E-state index in [1.807, 2.05) is 0 Å². The van der Waals surface area contributed by atoms with Crippen molar-refractivity contribution in [1.82, 2.24) is 5.32 Å². The summed E-state index contributed by atoms with van der Waals surface area (Å²) in [5.74, 6) is 0.553. The van der Waals surface area contributed by atoms with Gasteiger partial charge < -0.3 is 10.4 Å². The van der Waals surface area contributed by atoms with Gasteiger partial charge in [0.05, 0.1) is 0 Å². The minimum Gasteiger partial charge on any atom is -0.465 e. The monoisotopic (exact) mass is 263 g/mol. The summed E-state index contributed by atoms with van der Waals surface area (Å²) in [6.45, 7) is 0. The minimum atomic E-state index is -0.887. The molecule has 1 rings (SSSR count). The Morgan fingerprint density at radius 3 is 2.57 bits per heavy atom. The fourth-order valence-corrected chi connectivity index (χ4v) is 2.73. The summed E-state index contributed by atoms with van der Waals surface area (Å²) in [7, 11) is 0. The van der Waals surface area contributed by atoms with Gasteiger partial charge in [-0.1, -0.05) is 35.2 Å². The van der Waals surface area contributed by atoms with Crippen molar-refractivity contribution in [2.75, 3.05) is 5.33 Å². The molecule has 0 heterocycles. The molecule has 4 heteroatoms. The topological polar surface area (TPSA) is 49.3 Å². The molecule has 2 N–H and O–H groups in total. The van der Waals surface area contributed by atoms with Gasteiger partial charge in [0.2, 0.25) is 0 Å². The molecular formula is C10H18BrNO2. The van der Waals surface area contributed by atoms with Crippen molar-refractivity contribution in [1.29, 1.82) is 0 Å². The van der Waals surface area contributed by atoms with Crippen LogP contribution in [0, 0.1) is 5.92 Å². The van der Waals surface area contributed by atoms with E-state index >= 15 is 0 Å². The highest BCUT2D eigenvalue weighted by Crippen LogP contribution is 2.27. The van der Waals surface area contributed by atoms with E-state index in [0.29, 0.717) is 5.92 Å². The molecule has 0 radical (unpaired) electrons. The molecule has 1 amide bonds. The second-order valence-electron chi connectivity index (χ2n) is 3.93. The van der Waals surface area contributed by atoms with Crippen LogP contribution in [-0.4, -0.2) is 22.6 Å². The Hall–Kier alpha value is -0.250. The Morgan fingerprint density at radius 2 is 2.07 bits per heavy atom. The van der Waals surface area contributed by atoms with Crippen LogP contribution in [-0.2, 0) is 0 Å². The number of rotatable bonds is 4. The van der Waals surface area contributed by atoms with Crippen molar-refractivity contribution in [3.05, 3.63) is 0 Å². The standard InChI is InChI=1S/C10H18BrNO2/c11-7-6-9(12-10(13)14)8-4-2-1-3-5-8/h8-9,12H,1-7H2,(H,13,14). The summed E-state index contributed by atoms with van der Waals surface area (Å²) in [5, 5.41) is 12.2. The molecule has 1 saturated carbocycles. The quantitative estimate of drug-likeness (QED) is 0.767. The molecule has 1 unspecified atom stereocenters. The van der Waals surface area contributed by atoms with Crippen LogP contribution in [0.1, 0.15) is 38.5 Å². The third-order valence-corrected chi connectivity index (χ3v) is 3.41. The van der Waals surface area contributed by atoms with E-state index in [0.717, 1.165) is 11.8 Å². The lowest BCUT2D eigenvalue weighted by Gasteiger charge is -2.29. The number of carbonyl (C=O) groups is 1. The van der Waals surface area contributed by atoms with E-state index in [4.69, 9.17) is 5.11 Å². The molecule has 1 atom stereocenters. The molecule has 0 aromatic carbocycles. The van der Waals surface area contributed by atoms with Crippen LogP contribution in [0.15, 0.2) is 0 Å². The highest BCUT2D eigenvalue weighted by atomic mass is 79.9. The molecule has 0 aromatic rings. The van der Waals surface area contributed by atoms with Gasteiger partial charge >= 0.3 is 6.09 Å². The minimum absolute atomic E-state index is 0.146. The van der Waals surface area contributed by atoms with Crippen LogP contribution in [0.4, 0.5) is 4.79 Å². The van der Waals surface area contributed by atoms with Crippen molar-refractivity contribution < 1.29 is 9.90 Å². The highest BCUT2D eigenvalue weighted by molar-refractivity contribution is 9.09. The van der Waals surface area contributed by atoms with Crippen LogP contribution in [0.25, 0.3) is 0 Å². The molecule has 1 fully saturated rings. The first-order valence-corrected chi connectivity index (χ1v) is 6.41. The Labute approximate surface area is 93.4 Å². The van der Waals surface area contributed by atoms with Crippen molar-refractivity contribution in [2.45, 2.75) is 44.6 Å². The summed E-state index contributed by atoms with van der Waals surface area (Å²) >= 11 is 3.37. The smallest absolute Gasteiger partial charge is 0.404 e. The van der Waals surface area contributed by atoms with E-state index < -0.39 is 6.09 Å². The van der Waals surface area contributed by atoms with Gasteiger partial charge in [-0.15, -0.1) is 0 Å². The van der Waals surface area contributed by atoms with Crippen molar-refractivity contribution in [3.8, 4) is 0 Å². The first-order valence-electron chi connectivity index (χ1n) is 5.29. The first-order chi connectivity index (χ1) is 6.74. The normalized spacial score (nSPS) is 20.4. The summed E-state index contributed by atoms with van der Waals surface area (Å²) in [5.41, 5.74) is 0. The van der Waals surface area contributed by atoms with Crippen LogP contribution in [0.5, 0.6) is 0 Å². The summed E-state index contributed by atoms with van der Waals surface area (Å²) in [6, 6.07) is 0.146. The predicted molar refractivity (Wildman–Crippen MR) is 59.9 cm³/mol. The van der Waals surface area contributed by atoms with Gasteiger partial charge in [-0.05, 0) is 25.2 Å². The Bertz CT molecular complexity index is 181. The van der Waals surface area contributed by atoms with E-state index in [9.17, 15) is 4.79 Å². The van der Waals surface area contributed by atoms with Crippen molar-refractivity contribution >= 4 is 22.0 Å². The summed E-state index contributed by atoms with van der Waals surface area (Å²) in [6.07, 6.45) is 6.19. The van der Waals surface area contributed by atoms with Gasteiger partial charge in [-0.3, -0.25) is 0 Å². The van der Waals surface area contributed by atoms with Crippen molar-refractivity contribution in [2.24, 2.45) is 5.92 Å². The second-order valence-corrected chi connectivity index (χ2v) is 4.72. The fraction of sp³-hybridized carbons (Fsp3) is 0.900. The van der Waals surface area contributed by atoms with E-state index in [2.05, 4.69) is 21.2 Å². The van der Waals surface area contributed by atoms with Crippen LogP contribution in [0.3, 0.4) is 0 Å². The molecular weight excluding hydrogens is 246 g/mol. The molecule has 1 aliphatic rings. The van der Waals surface area contributed by atoms with Crippen LogP contribution < -0.4 is 5.32 Å². The first kappa shape index (κ1) is 11.8. The zero-order valence-corrected chi connectivity index (χ0v) is 9.92. The number of halogens is 1. The third kappa shape index (κ3) is 3.86. The number of nitrogens with one attached hydrogen (secondary N) is 1. The third-order valence-electron chi connectivity index (χ3n) is 2.95. The lowest BCUT2D eigenvalue weighted by molar-refractivity contribution is 0.177. The molecule has 82 valence electrons. The van der Waals surface area contributed by atoms with Gasteiger partial charge in [0.15, 0.2) is 0 Å². The maximum absolute atomic E-state index is 10.6. The maximum Gasteiger partial charge on any atom is 0.404 e. The number of amides is 1. The van der Waals surface area contributed by atoms with Gasteiger partial charge in [-0.2, -0.15) is 0 Å². The largest absolute Gasteiger partial charge is 0.465 e. The van der Waals surface area contributed by atoms with Crippen molar-refractivity contribution in [3.63, 3.8) is 0 Å². The van der Waals surface area contributed by atoms with E-state index in [1.165, 1.54) is 32.1 Å². The second kappa shape index (κ2) is 6.27. The molecule has 14 heavy (non-hydrogen) atoms. The van der Waals surface area contributed by atoms with E-state index in [-0.39, 0.29) is 6.04 Å². The molecule has 0 aliphatic heterocycles. The molecule has 0 saturated heterocycles. The molecule has 3 nitrogen and oxygen atoms in total. The number of carboxylic acid groups (broad SMARTS) is 1. The molecule has 0 bridgehead atoms. The Kier molecular flexibility index (Phi) is 5.30. The number of alkyl halides is 1. The fourth-order valence-electron chi connectivity index (χ4n) is 2.24. The number of hydrogen-bond acceptors (Lipinski definition) is 1. The Balaban J connectivity index is 2.42. The highest BCUT2D eigenvalue weighted by Gasteiger charge is 2.24. The van der Waals surface area contributed by atoms with E-state index in [1.54, 1.807) is 0 Å². The van der Waals surface area contributed by atoms with Gasteiger partial charge in [0.25, 0.3) is 0 Å². The van der Waals surface area contributed by atoms with Gasteiger partial charge in [0.1, 0.15) is 0 Å². The maximum atomic E-state index is 10.6. The molecule has 0 spiro atoms. The molecule has 1 aliphatic carbocycles. The van der Waals surface area contributed by atoms with Crippen LogP contribution in [0.2, 0.25) is 0 Å². The van der Waals surface area contributed by atoms with Crippen LogP contribution >= 0.6 is 15.9 Å². The lowest BCUT2D eigenvalue weighted by Crippen LogP contribution is -2.40. The average Bonchev–Trinajstić information content (AvgIpc) is 2.18. The zero-order chi connectivity index (χ0) is 10.4.